The van der Waals surface area contributed by atoms with Crippen LogP contribution >= 0.6 is 0 Å². The molecule has 1 fully saturated rings. The molecule has 4 rings (SSSR count). The van der Waals surface area contributed by atoms with Gasteiger partial charge in [-0.2, -0.15) is 0 Å². The van der Waals surface area contributed by atoms with Gasteiger partial charge >= 0.3 is 0 Å². The van der Waals surface area contributed by atoms with E-state index in [2.05, 4.69) is 15.6 Å². The Labute approximate surface area is 216 Å². The molecule has 0 radical (unpaired) electrons. The van der Waals surface area contributed by atoms with Crippen molar-refractivity contribution in [2.75, 3.05) is 27.4 Å². The number of hydrogen-bond donors (Lipinski definition) is 1. The molecule has 10 nitrogen and oxygen atoms in total. The Morgan fingerprint density at radius 1 is 1.16 bits per heavy atom. The standard InChI is InChI=1S/C27H35N5O5/c1-27(2,3)28-26(34)25(18-13-20(35-4)15-21(14-18)36-5)31(16-19-9-8-12-37-19)24(33)17-32-23-11-7-6-10-22(23)29-30-32/h6-7,10-11,13-15,19,25H,8-9,12,16-17H2,1-5H3,(H,28,34). The van der Waals surface area contributed by atoms with Crippen molar-refractivity contribution in [2.24, 2.45) is 0 Å². The van der Waals surface area contributed by atoms with Crippen LogP contribution in [0, 0.1) is 0 Å². The number of nitrogens with zero attached hydrogens (tertiary/aromatic N) is 4. The van der Waals surface area contributed by atoms with Crippen LogP contribution in [0.5, 0.6) is 11.5 Å². The molecule has 1 aromatic heterocycles. The monoisotopic (exact) mass is 509 g/mol. The molecule has 10 heteroatoms. The molecule has 0 saturated carbocycles. The summed E-state index contributed by atoms with van der Waals surface area (Å²) in [6, 6.07) is 11.8. The molecule has 2 heterocycles. The molecule has 0 aliphatic carbocycles. The number of para-hydroxylation sites is 1. The summed E-state index contributed by atoms with van der Waals surface area (Å²) >= 11 is 0. The molecule has 1 N–H and O–H groups in total. The van der Waals surface area contributed by atoms with Gasteiger partial charge in [-0.05, 0) is 63.4 Å². The Bertz CT molecular complexity index is 1220. The van der Waals surface area contributed by atoms with Crippen LogP contribution in [0.15, 0.2) is 42.5 Å². The lowest BCUT2D eigenvalue weighted by molar-refractivity contribution is -0.143. The maximum atomic E-state index is 14.0. The fourth-order valence-corrected chi connectivity index (χ4v) is 4.51. The molecule has 1 aliphatic heterocycles. The van der Waals surface area contributed by atoms with Gasteiger partial charge in [0.2, 0.25) is 11.8 Å². The summed E-state index contributed by atoms with van der Waals surface area (Å²) in [5.41, 5.74) is 1.50. The number of carbonyl (C=O) groups excluding carboxylic acids is 2. The number of nitrogens with one attached hydrogen (secondary N) is 1. The molecule has 2 amide bonds. The first-order chi connectivity index (χ1) is 17.7. The first-order valence-corrected chi connectivity index (χ1v) is 12.4. The van der Waals surface area contributed by atoms with E-state index >= 15 is 0 Å². The Morgan fingerprint density at radius 3 is 2.49 bits per heavy atom. The lowest BCUT2D eigenvalue weighted by Gasteiger charge is -2.35. The summed E-state index contributed by atoms with van der Waals surface area (Å²) in [6.45, 7) is 6.53. The SMILES string of the molecule is COc1cc(OC)cc(C(C(=O)NC(C)(C)C)N(CC2CCCO2)C(=O)Cn2nnc3ccccc32)c1. The molecule has 2 aromatic carbocycles. The Morgan fingerprint density at radius 2 is 1.86 bits per heavy atom. The van der Waals surface area contributed by atoms with Crippen molar-refractivity contribution in [3.8, 4) is 11.5 Å². The lowest BCUT2D eigenvalue weighted by atomic mass is 10.00. The molecule has 3 aromatic rings. The number of carbonyl (C=O) groups is 2. The van der Waals surface area contributed by atoms with Crippen LogP contribution in [0.4, 0.5) is 0 Å². The summed E-state index contributed by atoms with van der Waals surface area (Å²) in [7, 11) is 3.10. The van der Waals surface area contributed by atoms with Crippen molar-refractivity contribution >= 4 is 22.8 Å². The van der Waals surface area contributed by atoms with E-state index in [0.717, 1.165) is 18.4 Å². The second kappa shape index (κ2) is 11.2. The van der Waals surface area contributed by atoms with E-state index in [-0.39, 0.29) is 31.0 Å². The maximum Gasteiger partial charge on any atom is 0.247 e. The smallest absolute Gasteiger partial charge is 0.247 e. The number of amides is 2. The van der Waals surface area contributed by atoms with E-state index in [1.807, 2.05) is 45.0 Å². The summed E-state index contributed by atoms with van der Waals surface area (Å²) in [6.07, 6.45) is 1.55. The topological polar surface area (TPSA) is 108 Å². The highest BCUT2D eigenvalue weighted by Gasteiger charge is 2.36. The number of fused-ring (bicyclic) bond motifs is 1. The van der Waals surface area contributed by atoms with Gasteiger partial charge in [-0.3, -0.25) is 9.59 Å². The number of methoxy groups -OCH3 is 2. The average Bonchev–Trinajstić information content (AvgIpc) is 3.52. The Kier molecular flexibility index (Phi) is 7.97. The van der Waals surface area contributed by atoms with Gasteiger partial charge in [0.15, 0.2) is 0 Å². The third-order valence-corrected chi connectivity index (χ3v) is 6.20. The quantitative estimate of drug-likeness (QED) is 0.472. The minimum Gasteiger partial charge on any atom is -0.497 e. The van der Waals surface area contributed by atoms with Gasteiger partial charge < -0.3 is 24.4 Å². The number of aromatic nitrogens is 3. The molecule has 2 atom stereocenters. The highest BCUT2D eigenvalue weighted by atomic mass is 16.5. The largest absolute Gasteiger partial charge is 0.497 e. The first kappa shape index (κ1) is 26.4. The fraction of sp³-hybridized carbons (Fsp3) is 0.481. The third-order valence-electron chi connectivity index (χ3n) is 6.20. The van der Waals surface area contributed by atoms with Crippen LogP contribution in [-0.2, 0) is 20.9 Å². The summed E-state index contributed by atoms with van der Waals surface area (Å²) in [4.78, 5) is 29.4. The zero-order valence-corrected chi connectivity index (χ0v) is 22.1. The van der Waals surface area contributed by atoms with Crippen LogP contribution in [0.3, 0.4) is 0 Å². The Balaban J connectivity index is 1.77. The second-order valence-electron chi connectivity index (χ2n) is 10.2. The van der Waals surface area contributed by atoms with Crippen molar-refractivity contribution in [3.05, 3.63) is 48.0 Å². The van der Waals surface area contributed by atoms with E-state index in [1.165, 1.54) is 0 Å². The van der Waals surface area contributed by atoms with E-state index in [0.29, 0.717) is 29.2 Å². The highest BCUT2D eigenvalue weighted by molar-refractivity contribution is 5.90. The molecule has 1 saturated heterocycles. The molecule has 198 valence electrons. The zero-order valence-electron chi connectivity index (χ0n) is 22.1. The average molecular weight is 510 g/mol. The van der Waals surface area contributed by atoms with Crippen molar-refractivity contribution < 1.29 is 23.8 Å². The number of rotatable bonds is 9. The van der Waals surface area contributed by atoms with Crippen molar-refractivity contribution in [1.82, 2.24) is 25.2 Å². The van der Waals surface area contributed by atoms with E-state index in [1.54, 1.807) is 42.0 Å². The minimum absolute atomic E-state index is 0.0758. The van der Waals surface area contributed by atoms with Gasteiger partial charge in [0.25, 0.3) is 0 Å². The molecule has 37 heavy (non-hydrogen) atoms. The number of benzene rings is 2. The number of hydrogen-bond acceptors (Lipinski definition) is 7. The Hall–Kier alpha value is -3.66. The second-order valence-corrected chi connectivity index (χ2v) is 10.2. The van der Waals surface area contributed by atoms with Gasteiger partial charge in [-0.1, -0.05) is 17.3 Å². The molecule has 2 unspecified atom stereocenters. The van der Waals surface area contributed by atoms with Crippen molar-refractivity contribution in [3.63, 3.8) is 0 Å². The van der Waals surface area contributed by atoms with Crippen molar-refractivity contribution in [2.45, 2.75) is 57.8 Å². The van der Waals surface area contributed by atoms with E-state index in [4.69, 9.17) is 14.2 Å². The fourth-order valence-electron chi connectivity index (χ4n) is 4.51. The maximum absolute atomic E-state index is 14.0. The van der Waals surface area contributed by atoms with E-state index < -0.39 is 11.6 Å². The summed E-state index contributed by atoms with van der Waals surface area (Å²) < 4.78 is 18.4. The molecular weight excluding hydrogens is 474 g/mol. The zero-order chi connectivity index (χ0) is 26.6. The predicted octanol–water partition coefficient (Wildman–Crippen LogP) is 3.11. The number of ether oxygens (including phenoxy) is 3. The predicted molar refractivity (Wildman–Crippen MR) is 138 cm³/mol. The minimum atomic E-state index is -0.949. The molecule has 0 spiro atoms. The highest BCUT2D eigenvalue weighted by Crippen LogP contribution is 2.32. The van der Waals surface area contributed by atoms with Crippen LogP contribution in [0.1, 0.15) is 45.2 Å². The van der Waals surface area contributed by atoms with Gasteiger partial charge in [0.05, 0.1) is 25.8 Å². The van der Waals surface area contributed by atoms with Gasteiger partial charge in [-0.15, -0.1) is 5.10 Å². The lowest BCUT2D eigenvalue weighted by Crippen LogP contribution is -2.51. The van der Waals surface area contributed by atoms with Crippen LogP contribution in [0.25, 0.3) is 11.0 Å². The van der Waals surface area contributed by atoms with Crippen LogP contribution in [-0.4, -0.2) is 70.7 Å². The molecule has 0 bridgehead atoms. The van der Waals surface area contributed by atoms with Crippen LogP contribution < -0.4 is 14.8 Å². The summed E-state index contributed by atoms with van der Waals surface area (Å²) in [5.74, 6) is 0.462. The van der Waals surface area contributed by atoms with Gasteiger partial charge in [-0.25, -0.2) is 4.68 Å². The molecular formula is C27H35N5O5. The van der Waals surface area contributed by atoms with Gasteiger partial charge in [0.1, 0.15) is 29.6 Å². The van der Waals surface area contributed by atoms with Crippen molar-refractivity contribution in [1.29, 1.82) is 0 Å². The third kappa shape index (κ3) is 6.37. The van der Waals surface area contributed by atoms with Crippen LogP contribution in [0.2, 0.25) is 0 Å². The van der Waals surface area contributed by atoms with Gasteiger partial charge in [0, 0.05) is 24.8 Å². The normalized spacial score (nSPS) is 16.4. The van der Waals surface area contributed by atoms with E-state index in [9.17, 15) is 9.59 Å². The summed E-state index contributed by atoms with van der Waals surface area (Å²) in [5, 5.41) is 11.4. The molecule has 1 aliphatic rings. The first-order valence-electron chi connectivity index (χ1n) is 12.4.